The first-order valence-electron chi connectivity index (χ1n) is 6.83. The van der Waals surface area contributed by atoms with Gasteiger partial charge in [0.15, 0.2) is 0 Å². The van der Waals surface area contributed by atoms with Crippen molar-refractivity contribution in [3.05, 3.63) is 35.4 Å². The van der Waals surface area contributed by atoms with Gasteiger partial charge in [0.05, 0.1) is 19.3 Å². The van der Waals surface area contributed by atoms with Gasteiger partial charge in [-0.1, -0.05) is 18.2 Å². The monoisotopic (exact) mass is 262 g/mol. The van der Waals surface area contributed by atoms with E-state index in [1.54, 1.807) is 0 Å². The van der Waals surface area contributed by atoms with Gasteiger partial charge in [0.25, 0.3) is 5.91 Å². The summed E-state index contributed by atoms with van der Waals surface area (Å²) in [4.78, 5) is 14.6. The summed E-state index contributed by atoms with van der Waals surface area (Å²) in [7, 11) is 1.93. The predicted octanol–water partition coefficient (Wildman–Crippen LogP) is 1.45. The fourth-order valence-corrected chi connectivity index (χ4v) is 2.44. The molecule has 0 aliphatic carbocycles. The van der Waals surface area contributed by atoms with Crippen LogP contribution in [0.15, 0.2) is 24.3 Å². The molecule has 0 saturated carbocycles. The molecule has 1 atom stereocenters. The van der Waals surface area contributed by atoms with Crippen LogP contribution in [0.3, 0.4) is 0 Å². The number of benzene rings is 1. The number of morpholine rings is 1. The molecule has 1 aliphatic rings. The van der Waals surface area contributed by atoms with E-state index in [-0.39, 0.29) is 11.9 Å². The summed E-state index contributed by atoms with van der Waals surface area (Å²) in [6.45, 7) is 4.83. The number of hydrogen-bond donors (Lipinski definition) is 1. The molecule has 1 aliphatic heterocycles. The maximum Gasteiger partial charge on any atom is 0.254 e. The van der Waals surface area contributed by atoms with Crippen molar-refractivity contribution in [2.24, 2.45) is 0 Å². The summed E-state index contributed by atoms with van der Waals surface area (Å²) >= 11 is 0. The first-order chi connectivity index (χ1) is 9.24. The van der Waals surface area contributed by atoms with Crippen molar-refractivity contribution in [2.45, 2.75) is 19.4 Å². The molecule has 4 nitrogen and oxygen atoms in total. The van der Waals surface area contributed by atoms with Crippen molar-refractivity contribution in [2.75, 3.05) is 33.4 Å². The van der Waals surface area contributed by atoms with Gasteiger partial charge in [-0.3, -0.25) is 4.79 Å². The molecule has 1 heterocycles. The van der Waals surface area contributed by atoms with Crippen LogP contribution in [0, 0.1) is 6.92 Å². The zero-order valence-corrected chi connectivity index (χ0v) is 11.7. The molecule has 1 unspecified atom stereocenters. The van der Waals surface area contributed by atoms with Crippen LogP contribution < -0.4 is 5.32 Å². The minimum Gasteiger partial charge on any atom is -0.377 e. The summed E-state index contributed by atoms with van der Waals surface area (Å²) in [6.07, 6.45) is 0.925. The summed E-state index contributed by atoms with van der Waals surface area (Å²) in [5.41, 5.74) is 1.84. The number of hydrogen-bond acceptors (Lipinski definition) is 3. The van der Waals surface area contributed by atoms with Gasteiger partial charge in [-0.15, -0.1) is 0 Å². The van der Waals surface area contributed by atoms with Crippen LogP contribution in [0.25, 0.3) is 0 Å². The second-order valence-electron chi connectivity index (χ2n) is 4.93. The topological polar surface area (TPSA) is 41.6 Å². The quantitative estimate of drug-likeness (QED) is 0.893. The van der Waals surface area contributed by atoms with Crippen LogP contribution >= 0.6 is 0 Å². The minimum absolute atomic E-state index is 0.127. The van der Waals surface area contributed by atoms with E-state index in [1.165, 1.54) is 0 Å². The van der Waals surface area contributed by atoms with E-state index in [9.17, 15) is 4.79 Å². The molecule has 104 valence electrons. The minimum atomic E-state index is 0.127. The predicted molar refractivity (Wildman–Crippen MR) is 75.4 cm³/mol. The zero-order chi connectivity index (χ0) is 13.7. The van der Waals surface area contributed by atoms with Crippen molar-refractivity contribution >= 4 is 5.91 Å². The number of carbonyl (C=O) groups excluding carboxylic acids is 1. The Kier molecular flexibility index (Phi) is 4.93. The van der Waals surface area contributed by atoms with Gasteiger partial charge in [0.2, 0.25) is 0 Å². The Morgan fingerprint density at radius 1 is 1.47 bits per heavy atom. The second-order valence-corrected chi connectivity index (χ2v) is 4.93. The summed E-state index contributed by atoms with van der Waals surface area (Å²) < 4.78 is 5.50. The number of amides is 1. The lowest BCUT2D eigenvalue weighted by molar-refractivity contribution is -0.00392. The van der Waals surface area contributed by atoms with Gasteiger partial charge in [-0.25, -0.2) is 0 Å². The van der Waals surface area contributed by atoms with E-state index in [1.807, 2.05) is 43.1 Å². The molecule has 0 spiro atoms. The normalized spacial score (nSPS) is 19.5. The van der Waals surface area contributed by atoms with Crippen LogP contribution in [0.1, 0.15) is 22.3 Å². The van der Waals surface area contributed by atoms with Crippen molar-refractivity contribution in [1.82, 2.24) is 10.2 Å². The highest BCUT2D eigenvalue weighted by molar-refractivity contribution is 5.95. The molecule has 1 fully saturated rings. The van der Waals surface area contributed by atoms with Gasteiger partial charge in [-0.2, -0.15) is 0 Å². The highest BCUT2D eigenvalue weighted by Gasteiger charge is 2.28. The van der Waals surface area contributed by atoms with Crippen LogP contribution in [-0.4, -0.2) is 50.2 Å². The van der Waals surface area contributed by atoms with Crippen LogP contribution in [0.4, 0.5) is 0 Å². The smallest absolute Gasteiger partial charge is 0.254 e. The Balaban J connectivity index is 2.13. The molecule has 1 N–H and O–H groups in total. The van der Waals surface area contributed by atoms with Crippen molar-refractivity contribution in [3.8, 4) is 0 Å². The van der Waals surface area contributed by atoms with Crippen molar-refractivity contribution < 1.29 is 9.53 Å². The third-order valence-corrected chi connectivity index (χ3v) is 3.59. The standard InChI is InChI=1S/C15H22N2O2/c1-12-5-3-4-6-14(12)15(18)17-9-10-19-11-13(17)7-8-16-2/h3-6,13,16H,7-11H2,1-2H3. The van der Waals surface area contributed by atoms with Crippen molar-refractivity contribution in [3.63, 3.8) is 0 Å². The first kappa shape index (κ1) is 14.0. The third-order valence-electron chi connectivity index (χ3n) is 3.59. The third kappa shape index (κ3) is 3.33. The van der Waals surface area contributed by atoms with Gasteiger partial charge < -0.3 is 15.0 Å². The Hall–Kier alpha value is -1.39. The summed E-state index contributed by atoms with van der Waals surface area (Å²) in [5.74, 6) is 0.127. The van der Waals surface area contributed by atoms with E-state index in [2.05, 4.69) is 5.32 Å². The summed E-state index contributed by atoms with van der Waals surface area (Å²) in [6, 6.07) is 7.94. The molecule has 2 rings (SSSR count). The first-order valence-corrected chi connectivity index (χ1v) is 6.83. The number of nitrogens with one attached hydrogen (secondary N) is 1. The van der Waals surface area contributed by atoms with Gasteiger partial charge in [-0.05, 0) is 38.6 Å². The highest BCUT2D eigenvalue weighted by Crippen LogP contribution is 2.17. The highest BCUT2D eigenvalue weighted by atomic mass is 16.5. The molecular weight excluding hydrogens is 240 g/mol. The maximum absolute atomic E-state index is 12.6. The fourth-order valence-electron chi connectivity index (χ4n) is 2.44. The molecule has 1 amide bonds. The van der Waals surface area contributed by atoms with E-state index in [0.717, 1.165) is 24.1 Å². The van der Waals surface area contributed by atoms with Crippen molar-refractivity contribution in [1.29, 1.82) is 0 Å². The largest absolute Gasteiger partial charge is 0.377 e. The lowest BCUT2D eigenvalue weighted by Gasteiger charge is -2.36. The Bertz CT molecular complexity index is 434. The number of rotatable bonds is 4. The lowest BCUT2D eigenvalue weighted by Crippen LogP contribution is -2.49. The molecule has 1 aromatic rings. The van der Waals surface area contributed by atoms with Gasteiger partial charge in [0, 0.05) is 12.1 Å². The Labute approximate surface area is 114 Å². The van der Waals surface area contributed by atoms with E-state index in [0.29, 0.717) is 19.8 Å². The molecular formula is C15H22N2O2. The van der Waals surface area contributed by atoms with E-state index in [4.69, 9.17) is 4.74 Å². The molecule has 1 saturated heterocycles. The lowest BCUT2D eigenvalue weighted by atomic mass is 10.1. The molecule has 0 radical (unpaired) electrons. The SMILES string of the molecule is CNCCC1COCCN1C(=O)c1ccccc1C. The fraction of sp³-hybridized carbons (Fsp3) is 0.533. The molecule has 19 heavy (non-hydrogen) atoms. The molecule has 0 bridgehead atoms. The average molecular weight is 262 g/mol. The number of ether oxygens (including phenoxy) is 1. The molecule has 4 heteroatoms. The van der Waals surface area contributed by atoms with E-state index >= 15 is 0 Å². The molecule has 0 aromatic heterocycles. The maximum atomic E-state index is 12.6. The van der Waals surface area contributed by atoms with Crippen LogP contribution in [-0.2, 0) is 4.74 Å². The Morgan fingerprint density at radius 3 is 3.00 bits per heavy atom. The number of nitrogens with zero attached hydrogens (tertiary/aromatic N) is 1. The summed E-state index contributed by atoms with van der Waals surface area (Å²) in [5, 5.41) is 3.13. The van der Waals surface area contributed by atoms with Crippen LogP contribution in [0.5, 0.6) is 0 Å². The number of aryl methyl sites for hydroxylation is 1. The Morgan fingerprint density at radius 2 is 2.26 bits per heavy atom. The average Bonchev–Trinajstić information content (AvgIpc) is 2.45. The van der Waals surface area contributed by atoms with Gasteiger partial charge in [0.1, 0.15) is 0 Å². The van der Waals surface area contributed by atoms with Crippen LogP contribution in [0.2, 0.25) is 0 Å². The number of carbonyl (C=O) groups is 1. The van der Waals surface area contributed by atoms with Gasteiger partial charge >= 0.3 is 0 Å². The molecule has 1 aromatic carbocycles. The zero-order valence-electron chi connectivity index (χ0n) is 11.7. The second kappa shape index (κ2) is 6.68. The van der Waals surface area contributed by atoms with E-state index < -0.39 is 0 Å².